The Hall–Kier alpha value is -2.41. The molecule has 1 amide bonds. The van der Waals surface area contributed by atoms with Crippen LogP contribution < -0.4 is 9.64 Å². The molecule has 0 bridgehead atoms. The molecule has 5 nitrogen and oxygen atoms in total. The Morgan fingerprint density at radius 3 is 2.68 bits per heavy atom. The van der Waals surface area contributed by atoms with Gasteiger partial charge in [0, 0.05) is 15.4 Å². The number of benzene rings is 3. The van der Waals surface area contributed by atoms with Crippen LogP contribution in [0.3, 0.4) is 0 Å². The van der Waals surface area contributed by atoms with Crippen molar-refractivity contribution in [3.8, 4) is 5.75 Å². The fraction of sp³-hybridized carbons (Fsp3) is 0.227. The normalized spacial score (nSPS) is 17.5. The fourth-order valence-corrected chi connectivity index (χ4v) is 4.25. The third-order valence-corrected chi connectivity index (χ3v) is 5.64. The van der Waals surface area contributed by atoms with Crippen molar-refractivity contribution in [1.29, 1.82) is 0 Å². The van der Waals surface area contributed by atoms with E-state index in [1.54, 1.807) is 4.90 Å². The lowest BCUT2D eigenvalue weighted by Crippen LogP contribution is -2.42. The van der Waals surface area contributed by atoms with E-state index >= 15 is 0 Å². The second-order valence-corrected chi connectivity index (χ2v) is 7.67. The number of anilines is 1. The van der Waals surface area contributed by atoms with E-state index in [0.717, 1.165) is 32.2 Å². The first kappa shape index (κ1) is 17.7. The minimum atomic E-state index is -1.32. The van der Waals surface area contributed by atoms with E-state index in [1.807, 2.05) is 48.5 Å². The molecule has 5 rings (SSSR count). The zero-order valence-corrected chi connectivity index (χ0v) is 16.6. The van der Waals surface area contributed by atoms with E-state index in [4.69, 9.17) is 14.2 Å². The molecule has 2 aliphatic rings. The zero-order valence-electron chi connectivity index (χ0n) is 15.1. The minimum Gasteiger partial charge on any atom is -0.491 e. The van der Waals surface area contributed by atoms with Crippen LogP contribution in [0.2, 0.25) is 0 Å². The molecule has 0 aromatic heterocycles. The summed E-state index contributed by atoms with van der Waals surface area (Å²) in [4.78, 5) is 14.9. The molecule has 0 unspecified atom stereocenters. The molecule has 0 atom stereocenters. The fourth-order valence-electron chi connectivity index (χ4n) is 3.89. The van der Waals surface area contributed by atoms with Crippen molar-refractivity contribution < 1.29 is 19.0 Å². The summed E-state index contributed by atoms with van der Waals surface area (Å²) in [5.41, 5.74) is 1.55. The summed E-state index contributed by atoms with van der Waals surface area (Å²) in [6.07, 6.45) is 0. The molecule has 2 aliphatic heterocycles. The molecule has 142 valence electrons. The Balaban J connectivity index is 1.39. The maximum Gasteiger partial charge on any atom is 0.292 e. The van der Waals surface area contributed by atoms with Crippen LogP contribution in [-0.4, -0.2) is 32.3 Å². The van der Waals surface area contributed by atoms with Crippen molar-refractivity contribution in [3.05, 3.63) is 70.7 Å². The van der Waals surface area contributed by atoms with Gasteiger partial charge in [0.1, 0.15) is 12.4 Å². The molecule has 3 aromatic carbocycles. The van der Waals surface area contributed by atoms with Crippen LogP contribution in [0, 0.1) is 0 Å². The van der Waals surface area contributed by atoms with Gasteiger partial charge in [0.05, 0.1) is 25.4 Å². The maximum atomic E-state index is 13.2. The van der Waals surface area contributed by atoms with Gasteiger partial charge in [-0.3, -0.25) is 4.79 Å². The largest absolute Gasteiger partial charge is 0.491 e. The van der Waals surface area contributed by atoms with Gasteiger partial charge < -0.3 is 19.1 Å². The molecule has 0 N–H and O–H groups in total. The monoisotopic (exact) mass is 439 g/mol. The number of hydrogen-bond donors (Lipinski definition) is 0. The summed E-state index contributed by atoms with van der Waals surface area (Å²) in [5, 5.41) is 2.18. The predicted octanol–water partition coefficient (Wildman–Crippen LogP) is 4.23. The average molecular weight is 440 g/mol. The van der Waals surface area contributed by atoms with Crippen LogP contribution in [-0.2, 0) is 20.1 Å². The van der Waals surface area contributed by atoms with Gasteiger partial charge in [-0.15, -0.1) is 0 Å². The topological polar surface area (TPSA) is 48.0 Å². The van der Waals surface area contributed by atoms with Crippen LogP contribution in [0.4, 0.5) is 5.69 Å². The highest BCUT2D eigenvalue weighted by molar-refractivity contribution is 9.10. The van der Waals surface area contributed by atoms with E-state index in [1.165, 1.54) is 0 Å². The maximum absolute atomic E-state index is 13.2. The van der Waals surface area contributed by atoms with E-state index in [-0.39, 0.29) is 5.91 Å². The quantitative estimate of drug-likeness (QED) is 0.610. The molecule has 0 radical (unpaired) electrons. The van der Waals surface area contributed by atoms with E-state index < -0.39 is 5.79 Å². The standard InChI is InChI=1S/C22H18BrNO4/c23-16-8-9-19-18(14-16)22(27-12-13-28-22)21(25)24(19)10-11-26-20-7-3-5-15-4-1-2-6-17(15)20/h1-9,14H,10-13H2. The lowest BCUT2D eigenvalue weighted by Gasteiger charge is -2.22. The van der Waals surface area contributed by atoms with Gasteiger partial charge in [-0.2, -0.15) is 0 Å². The number of fused-ring (bicyclic) bond motifs is 3. The molecular weight excluding hydrogens is 422 g/mol. The Morgan fingerprint density at radius 1 is 1.04 bits per heavy atom. The lowest BCUT2D eigenvalue weighted by molar-refractivity contribution is -0.180. The third kappa shape index (κ3) is 2.71. The van der Waals surface area contributed by atoms with E-state index in [2.05, 4.69) is 28.1 Å². The van der Waals surface area contributed by atoms with Crippen LogP contribution >= 0.6 is 15.9 Å². The van der Waals surface area contributed by atoms with Crippen LogP contribution in [0.1, 0.15) is 5.56 Å². The highest BCUT2D eigenvalue weighted by atomic mass is 79.9. The van der Waals surface area contributed by atoms with Gasteiger partial charge in [0.15, 0.2) is 0 Å². The van der Waals surface area contributed by atoms with Crippen molar-refractivity contribution in [3.63, 3.8) is 0 Å². The highest BCUT2D eigenvalue weighted by Gasteiger charge is 2.56. The smallest absolute Gasteiger partial charge is 0.292 e. The molecule has 1 spiro atoms. The zero-order chi connectivity index (χ0) is 19.1. The summed E-state index contributed by atoms with van der Waals surface area (Å²) in [6.45, 7) is 1.58. The Bertz CT molecular complexity index is 1060. The molecule has 3 aromatic rings. The van der Waals surface area contributed by atoms with Gasteiger partial charge in [0.25, 0.3) is 11.7 Å². The van der Waals surface area contributed by atoms with Crippen molar-refractivity contribution in [1.82, 2.24) is 0 Å². The van der Waals surface area contributed by atoms with Crippen molar-refractivity contribution in [2.45, 2.75) is 5.79 Å². The Morgan fingerprint density at radius 2 is 1.82 bits per heavy atom. The second-order valence-electron chi connectivity index (χ2n) is 6.76. The first-order chi connectivity index (χ1) is 13.7. The molecule has 2 heterocycles. The Labute approximate surface area is 170 Å². The van der Waals surface area contributed by atoms with Gasteiger partial charge in [0.2, 0.25) is 0 Å². The summed E-state index contributed by atoms with van der Waals surface area (Å²) >= 11 is 3.48. The van der Waals surface area contributed by atoms with E-state index in [0.29, 0.717) is 26.4 Å². The van der Waals surface area contributed by atoms with E-state index in [9.17, 15) is 4.79 Å². The lowest BCUT2D eigenvalue weighted by atomic mass is 10.1. The van der Waals surface area contributed by atoms with Crippen LogP contribution in [0.5, 0.6) is 5.75 Å². The van der Waals surface area contributed by atoms with Crippen molar-refractivity contribution >= 4 is 38.3 Å². The van der Waals surface area contributed by atoms with Gasteiger partial charge in [-0.1, -0.05) is 52.3 Å². The molecule has 0 aliphatic carbocycles. The summed E-state index contributed by atoms with van der Waals surface area (Å²) < 4.78 is 18.5. The van der Waals surface area contributed by atoms with Crippen molar-refractivity contribution in [2.75, 3.05) is 31.3 Å². The summed E-state index contributed by atoms with van der Waals surface area (Å²) in [7, 11) is 0. The summed E-state index contributed by atoms with van der Waals surface area (Å²) in [5.74, 6) is -0.707. The number of amides is 1. The third-order valence-electron chi connectivity index (χ3n) is 5.15. The molecule has 0 saturated carbocycles. The number of carbonyl (C=O) groups is 1. The van der Waals surface area contributed by atoms with Gasteiger partial charge in [-0.05, 0) is 29.7 Å². The minimum absolute atomic E-state index is 0.195. The number of rotatable bonds is 4. The first-order valence-electron chi connectivity index (χ1n) is 9.19. The first-order valence-corrected chi connectivity index (χ1v) is 9.99. The van der Waals surface area contributed by atoms with Gasteiger partial charge in [-0.25, -0.2) is 0 Å². The number of hydrogen-bond acceptors (Lipinski definition) is 4. The number of carbonyl (C=O) groups excluding carboxylic acids is 1. The molecule has 1 saturated heterocycles. The number of ether oxygens (including phenoxy) is 3. The molecule has 1 fully saturated rings. The van der Waals surface area contributed by atoms with Crippen LogP contribution in [0.25, 0.3) is 10.8 Å². The Kier molecular flexibility index (Phi) is 4.34. The SMILES string of the molecule is O=C1N(CCOc2cccc3ccccc23)c2ccc(Br)cc2C12OCCO2. The summed E-state index contributed by atoms with van der Waals surface area (Å²) in [6, 6.07) is 19.8. The van der Waals surface area contributed by atoms with Crippen LogP contribution in [0.15, 0.2) is 65.1 Å². The van der Waals surface area contributed by atoms with Crippen molar-refractivity contribution in [2.24, 2.45) is 0 Å². The molecular formula is C22H18BrNO4. The van der Waals surface area contributed by atoms with Gasteiger partial charge >= 0.3 is 0 Å². The number of halogens is 1. The average Bonchev–Trinajstić information content (AvgIpc) is 3.29. The molecule has 28 heavy (non-hydrogen) atoms. The molecule has 6 heteroatoms. The highest BCUT2D eigenvalue weighted by Crippen LogP contribution is 2.46. The predicted molar refractivity (Wildman–Crippen MR) is 110 cm³/mol. The number of nitrogens with zero attached hydrogens (tertiary/aromatic N) is 1. The second kappa shape index (κ2) is 6.88.